The number of carbonyl (C=O) groups is 1. The lowest BCUT2D eigenvalue weighted by Gasteiger charge is -2.11. The average Bonchev–Trinajstić information content (AvgIpc) is 2.46. The van der Waals surface area contributed by atoms with Gasteiger partial charge >= 0.3 is 5.97 Å². The van der Waals surface area contributed by atoms with E-state index in [4.69, 9.17) is 10.4 Å². The van der Waals surface area contributed by atoms with Crippen LogP contribution >= 0.6 is 0 Å². The molecule has 0 heterocycles. The summed E-state index contributed by atoms with van der Waals surface area (Å²) in [7, 11) is -3.87. The number of rotatable bonds is 5. The number of hydrogen-bond donors (Lipinski definition) is 2. The molecule has 2 N–H and O–H groups in total. The fourth-order valence-corrected chi connectivity index (χ4v) is 3.41. The Labute approximate surface area is 134 Å². The van der Waals surface area contributed by atoms with Crippen molar-refractivity contribution < 1.29 is 18.3 Å². The van der Waals surface area contributed by atoms with Gasteiger partial charge in [0.15, 0.2) is 0 Å². The van der Waals surface area contributed by atoms with Crippen molar-refractivity contribution in [3.8, 4) is 6.07 Å². The van der Waals surface area contributed by atoms with E-state index in [0.717, 1.165) is 0 Å². The van der Waals surface area contributed by atoms with E-state index >= 15 is 0 Å². The number of nitrogens with one attached hydrogen (secondary N) is 1. The highest BCUT2D eigenvalue weighted by atomic mass is 32.2. The third kappa shape index (κ3) is 4.08. The average molecular weight is 330 g/mol. The van der Waals surface area contributed by atoms with Gasteiger partial charge in [-0.1, -0.05) is 18.2 Å². The van der Waals surface area contributed by atoms with E-state index in [1.54, 1.807) is 31.2 Å². The zero-order chi connectivity index (χ0) is 17.0. The summed E-state index contributed by atoms with van der Waals surface area (Å²) in [5, 5.41) is 17.7. The minimum atomic E-state index is -3.87. The summed E-state index contributed by atoms with van der Waals surface area (Å²) in [6.07, 6.45) is -0.196. The molecule has 0 atom stereocenters. The Morgan fingerprint density at radius 2 is 2.00 bits per heavy atom. The lowest BCUT2D eigenvalue weighted by molar-refractivity contribution is -0.136. The van der Waals surface area contributed by atoms with Gasteiger partial charge in [-0.25, -0.2) is 8.42 Å². The standard InChI is InChI=1S/C16H14N2O4S/c1-11-5-6-13(10-17)8-15(11)23(21,22)18-14-4-2-3-12(7-14)9-16(19)20/h2-8,18H,9H2,1H3,(H,19,20). The number of aryl methyl sites for hydroxylation is 1. The van der Waals surface area contributed by atoms with Crippen LogP contribution in [-0.2, 0) is 21.2 Å². The Bertz CT molecular complexity index is 899. The monoisotopic (exact) mass is 330 g/mol. The van der Waals surface area contributed by atoms with Crippen LogP contribution in [0.25, 0.3) is 0 Å². The van der Waals surface area contributed by atoms with Gasteiger partial charge in [-0.05, 0) is 42.3 Å². The molecule has 118 valence electrons. The van der Waals surface area contributed by atoms with Crippen LogP contribution in [0.3, 0.4) is 0 Å². The van der Waals surface area contributed by atoms with Crippen LogP contribution in [0.2, 0.25) is 0 Å². The molecule has 0 aromatic heterocycles. The molecular weight excluding hydrogens is 316 g/mol. The zero-order valence-electron chi connectivity index (χ0n) is 12.3. The number of aliphatic carboxylic acids is 1. The van der Waals surface area contributed by atoms with Crippen molar-refractivity contribution >= 4 is 21.7 Å². The number of anilines is 1. The predicted octanol–water partition coefficient (Wildman–Crippen LogP) is 2.29. The molecule has 7 heteroatoms. The maximum Gasteiger partial charge on any atom is 0.307 e. The van der Waals surface area contributed by atoms with Crippen LogP contribution in [0, 0.1) is 18.3 Å². The summed E-state index contributed by atoms with van der Waals surface area (Å²) in [5.74, 6) is -0.998. The first-order valence-electron chi connectivity index (χ1n) is 6.66. The SMILES string of the molecule is Cc1ccc(C#N)cc1S(=O)(=O)Nc1cccc(CC(=O)O)c1. The van der Waals surface area contributed by atoms with Crippen LogP contribution in [0.1, 0.15) is 16.7 Å². The normalized spacial score (nSPS) is 10.8. The molecule has 0 aliphatic rings. The minimum Gasteiger partial charge on any atom is -0.481 e. The highest BCUT2D eigenvalue weighted by molar-refractivity contribution is 7.92. The molecule has 6 nitrogen and oxygen atoms in total. The third-order valence-corrected chi connectivity index (χ3v) is 4.66. The Kier molecular flexibility index (Phi) is 4.67. The van der Waals surface area contributed by atoms with Gasteiger partial charge in [0.1, 0.15) is 0 Å². The van der Waals surface area contributed by atoms with Gasteiger partial charge in [0.05, 0.1) is 22.9 Å². The second kappa shape index (κ2) is 6.50. The van der Waals surface area contributed by atoms with E-state index in [-0.39, 0.29) is 22.6 Å². The molecule has 2 rings (SSSR count). The number of sulfonamides is 1. The molecule has 0 saturated carbocycles. The van der Waals surface area contributed by atoms with Crippen LogP contribution in [-0.4, -0.2) is 19.5 Å². The first-order valence-corrected chi connectivity index (χ1v) is 8.14. The highest BCUT2D eigenvalue weighted by Gasteiger charge is 2.18. The van der Waals surface area contributed by atoms with Crippen LogP contribution in [0.4, 0.5) is 5.69 Å². The molecular formula is C16H14N2O4S. The molecule has 2 aromatic carbocycles. The van der Waals surface area contributed by atoms with Gasteiger partial charge in [0.25, 0.3) is 10.0 Å². The summed E-state index contributed by atoms with van der Waals surface area (Å²) in [5.41, 5.74) is 1.51. The highest BCUT2D eigenvalue weighted by Crippen LogP contribution is 2.21. The Morgan fingerprint density at radius 1 is 1.26 bits per heavy atom. The largest absolute Gasteiger partial charge is 0.481 e. The zero-order valence-corrected chi connectivity index (χ0v) is 13.1. The summed E-state index contributed by atoms with van der Waals surface area (Å²) < 4.78 is 27.4. The second-order valence-corrected chi connectivity index (χ2v) is 6.62. The molecule has 0 fully saturated rings. The van der Waals surface area contributed by atoms with E-state index in [9.17, 15) is 13.2 Å². The molecule has 0 bridgehead atoms. The molecule has 0 saturated heterocycles. The quantitative estimate of drug-likeness (QED) is 0.874. The van der Waals surface area contributed by atoms with Crippen LogP contribution < -0.4 is 4.72 Å². The van der Waals surface area contributed by atoms with Crippen molar-refractivity contribution in [3.63, 3.8) is 0 Å². The maximum absolute atomic E-state index is 12.5. The van der Waals surface area contributed by atoms with Crippen molar-refractivity contribution in [1.29, 1.82) is 5.26 Å². The van der Waals surface area contributed by atoms with Crippen molar-refractivity contribution in [3.05, 3.63) is 59.2 Å². The topological polar surface area (TPSA) is 107 Å². The van der Waals surface area contributed by atoms with E-state index in [0.29, 0.717) is 11.1 Å². The molecule has 0 aliphatic heterocycles. The molecule has 0 amide bonds. The number of carboxylic acids is 1. The molecule has 23 heavy (non-hydrogen) atoms. The predicted molar refractivity (Wildman–Crippen MR) is 84.5 cm³/mol. The molecule has 0 unspecified atom stereocenters. The van der Waals surface area contributed by atoms with Gasteiger partial charge in [-0.2, -0.15) is 5.26 Å². The lowest BCUT2D eigenvalue weighted by atomic mass is 10.1. The third-order valence-electron chi connectivity index (χ3n) is 3.14. The molecule has 0 aliphatic carbocycles. The molecule has 0 spiro atoms. The Hall–Kier alpha value is -2.85. The number of hydrogen-bond acceptors (Lipinski definition) is 4. The Morgan fingerprint density at radius 3 is 2.65 bits per heavy atom. The van der Waals surface area contributed by atoms with Gasteiger partial charge in [0.2, 0.25) is 0 Å². The molecule has 2 aromatic rings. The number of carboxylic acid groups (broad SMARTS) is 1. The van der Waals surface area contributed by atoms with Gasteiger partial charge in [-0.3, -0.25) is 9.52 Å². The Balaban J connectivity index is 2.36. The van der Waals surface area contributed by atoms with Gasteiger partial charge in [-0.15, -0.1) is 0 Å². The van der Waals surface area contributed by atoms with E-state index in [1.165, 1.54) is 18.2 Å². The number of benzene rings is 2. The van der Waals surface area contributed by atoms with Crippen molar-refractivity contribution in [1.82, 2.24) is 0 Å². The number of nitrogens with zero attached hydrogens (tertiary/aromatic N) is 1. The number of nitriles is 1. The summed E-state index contributed by atoms with van der Waals surface area (Å²) >= 11 is 0. The molecule has 0 radical (unpaired) electrons. The van der Waals surface area contributed by atoms with Crippen molar-refractivity contribution in [2.45, 2.75) is 18.2 Å². The van der Waals surface area contributed by atoms with Crippen molar-refractivity contribution in [2.75, 3.05) is 4.72 Å². The van der Waals surface area contributed by atoms with Gasteiger partial charge in [0, 0.05) is 5.69 Å². The summed E-state index contributed by atoms with van der Waals surface area (Å²) in [6, 6.07) is 12.5. The fraction of sp³-hybridized carbons (Fsp3) is 0.125. The van der Waals surface area contributed by atoms with Gasteiger partial charge < -0.3 is 5.11 Å². The summed E-state index contributed by atoms with van der Waals surface area (Å²) in [4.78, 5) is 10.7. The first-order chi connectivity index (χ1) is 10.8. The smallest absolute Gasteiger partial charge is 0.307 e. The van der Waals surface area contributed by atoms with Crippen molar-refractivity contribution in [2.24, 2.45) is 0 Å². The van der Waals surface area contributed by atoms with E-state index in [1.807, 2.05) is 6.07 Å². The maximum atomic E-state index is 12.5. The van der Waals surface area contributed by atoms with Crippen LogP contribution in [0.15, 0.2) is 47.4 Å². The van der Waals surface area contributed by atoms with E-state index < -0.39 is 16.0 Å². The first kappa shape index (κ1) is 16.5. The minimum absolute atomic E-state index is 0.0141. The second-order valence-electron chi connectivity index (χ2n) is 4.97. The van der Waals surface area contributed by atoms with E-state index in [2.05, 4.69) is 4.72 Å². The fourth-order valence-electron chi connectivity index (χ4n) is 2.09. The lowest BCUT2D eigenvalue weighted by Crippen LogP contribution is -2.14. The van der Waals surface area contributed by atoms with Crippen LogP contribution in [0.5, 0.6) is 0 Å². The summed E-state index contributed by atoms with van der Waals surface area (Å²) in [6.45, 7) is 1.64.